The maximum absolute atomic E-state index is 13.7. The molecular formula is C21H24ClF3N2O2. The molecule has 8 heteroatoms. The number of ether oxygens (including phenoxy) is 1. The maximum Gasteiger partial charge on any atom is 0.396 e. The fourth-order valence-corrected chi connectivity index (χ4v) is 3.62. The van der Waals surface area contributed by atoms with Gasteiger partial charge in [0.1, 0.15) is 5.75 Å². The minimum atomic E-state index is -4.50. The lowest BCUT2D eigenvalue weighted by Gasteiger charge is -2.38. The number of carbonyl (C=O) groups excluding carboxylic acids is 1. The van der Waals surface area contributed by atoms with Crippen LogP contribution in [0.15, 0.2) is 54.6 Å². The molecule has 4 nitrogen and oxygen atoms in total. The van der Waals surface area contributed by atoms with Crippen LogP contribution in [0, 0.1) is 0 Å². The first-order valence-corrected chi connectivity index (χ1v) is 9.16. The van der Waals surface area contributed by atoms with Gasteiger partial charge in [-0.25, -0.2) is 0 Å². The molecule has 2 aromatic rings. The van der Waals surface area contributed by atoms with Crippen molar-refractivity contribution in [2.24, 2.45) is 0 Å². The van der Waals surface area contributed by atoms with E-state index in [0.717, 1.165) is 5.56 Å². The summed E-state index contributed by atoms with van der Waals surface area (Å²) in [6, 6.07) is 14.5. The number of methoxy groups -OCH3 is 1. The van der Waals surface area contributed by atoms with Crippen LogP contribution in [-0.4, -0.2) is 43.7 Å². The van der Waals surface area contributed by atoms with E-state index in [0.29, 0.717) is 25.4 Å². The first-order chi connectivity index (χ1) is 13.4. The van der Waals surface area contributed by atoms with Gasteiger partial charge in [-0.15, -0.1) is 12.4 Å². The molecule has 2 unspecified atom stereocenters. The van der Waals surface area contributed by atoms with Gasteiger partial charge in [-0.1, -0.05) is 48.5 Å². The lowest BCUT2D eigenvalue weighted by atomic mass is 9.93. The van der Waals surface area contributed by atoms with Crippen molar-refractivity contribution in [3.63, 3.8) is 0 Å². The van der Waals surface area contributed by atoms with Crippen LogP contribution in [0.4, 0.5) is 13.2 Å². The van der Waals surface area contributed by atoms with Crippen molar-refractivity contribution in [2.75, 3.05) is 26.7 Å². The van der Waals surface area contributed by atoms with E-state index >= 15 is 0 Å². The summed E-state index contributed by atoms with van der Waals surface area (Å²) in [5.41, 5.74) is 0.890. The largest absolute Gasteiger partial charge is 0.496 e. The molecule has 29 heavy (non-hydrogen) atoms. The predicted molar refractivity (Wildman–Crippen MR) is 107 cm³/mol. The quantitative estimate of drug-likeness (QED) is 0.770. The van der Waals surface area contributed by atoms with Gasteiger partial charge in [0.05, 0.1) is 19.1 Å². The summed E-state index contributed by atoms with van der Waals surface area (Å²) in [6.45, 7) is 1.36. The van der Waals surface area contributed by atoms with Crippen LogP contribution < -0.4 is 10.1 Å². The molecule has 0 aromatic heterocycles. The van der Waals surface area contributed by atoms with E-state index < -0.39 is 24.4 Å². The van der Waals surface area contributed by atoms with Crippen LogP contribution in [0.5, 0.6) is 5.75 Å². The first-order valence-electron chi connectivity index (χ1n) is 9.16. The van der Waals surface area contributed by atoms with Gasteiger partial charge in [0.15, 0.2) is 0 Å². The molecule has 0 radical (unpaired) electrons. The Labute approximate surface area is 174 Å². The molecule has 0 aliphatic carbocycles. The van der Waals surface area contributed by atoms with E-state index in [1.807, 2.05) is 18.2 Å². The van der Waals surface area contributed by atoms with E-state index in [2.05, 4.69) is 5.32 Å². The highest BCUT2D eigenvalue weighted by molar-refractivity contribution is 5.85. The molecule has 0 bridgehead atoms. The first kappa shape index (κ1) is 23.0. The molecule has 1 fully saturated rings. The fourth-order valence-electron chi connectivity index (χ4n) is 3.62. The molecule has 1 aliphatic rings. The third-order valence-corrected chi connectivity index (χ3v) is 5.04. The van der Waals surface area contributed by atoms with Gasteiger partial charge >= 0.3 is 6.18 Å². The number of carbonyl (C=O) groups is 1. The minimum Gasteiger partial charge on any atom is -0.496 e. The van der Waals surface area contributed by atoms with Crippen LogP contribution in [0.3, 0.4) is 0 Å². The smallest absolute Gasteiger partial charge is 0.396 e. The van der Waals surface area contributed by atoms with Gasteiger partial charge < -0.3 is 15.0 Å². The van der Waals surface area contributed by atoms with Gasteiger partial charge in [0.25, 0.3) is 0 Å². The van der Waals surface area contributed by atoms with Crippen LogP contribution in [0.1, 0.15) is 29.5 Å². The number of benzene rings is 2. The van der Waals surface area contributed by atoms with Crippen LogP contribution >= 0.6 is 12.4 Å². The molecule has 1 aliphatic heterocycles. The number of hydrogen-bond acceptors (Lipinski definition) is 3. The number of halogens is 4. The highest BCUT2D eigenvalue weighted by Crippen LogP contribution is 2.39. The molecule has 1 N–H and O–H groups in total. The zero-order chi connectivity index (χ0) is 20.1. The standard InChI is InChI=1S/C21H23F3N2O2.ClH/c1-28-19-10-6-5-9-16(19)18-14-25-11-12-26(18)20(27)13-17(21(22,23)24)15-7-3-2-4-8-15;/h2-10,17-18,25H,11-14H2,1H3;1H. The summed E-state index contributed by atoms with van der Waals surface area (Å²) in [7, 11) is 1.54. The molecular weight excluding hydrogens is 405 g/mol. The molecule has 1 saturated heterocycles. The van der Waals surface area contributed by atoms with Crippen molar-refractivity contribution in [3.8, 4) is 5.75 Å². The number of para-hydroxylation sites is 1. The normalized spacial score (nSPS) is 17.9. The Hall–Kier alpha value is -2.25. The van der Waals surface area contributed by atoms with E-state index in [-0.39, 0.29) is 24.0 Å². The Morgan fingerprint density at radius 1 is 1.17 bits per heavy atom. The van der Waals surface area contributed by atoms with Gasteiger partial charge in [-0.05, 0) is 11.6 Å². The summed E-state index contributed by atoms with van der Waals surface area (Å²) in [5, 5.41) is 3.21. The molecule has 3 rings (SSSR count). The van der Waals surface area contributed by atoms with E-state index in [9.17, 15) is 18.0 Å². The number of nitrogens with one attached hydrogen (secondary N) is 1. The Bertz CT molecular complexity index is 802. The number of rotatable bonds is 5. The van der Waals surface area contributed by atoms with E-state index in [4.69, 9.17) is 4.74 Å². The zero-order valence-corrected chi connectivity index (χ0v) is 16.8. The average Bonchev–Trinajstić information content (AvgIpc) is 2.71. The van der Waals surface area contributed by atoms with Crippen LogP contribution in [0.2, 0.25) is 0 Å². The average molecular weight is 429 g/mol. The van der Waals surface area contributed by atoms with Crippen molar-refractivity contribution in [2.45, 2.75) is 24.6 Å². The molecule has 0 spiro atoms. The van der Waals surface area contributed by atoms with Crippen molar-refractivity contribution in [3.05, 3.63) is 65.7 Å². The van der Waals surface area contributed by atoms with Crippen LogP contribution in [0.25, 0.3) is 0 Å². The van der Waals surface area contributed by atoms with Gasteiger partial charge in [0, 0.05) is 31.6 Å². The molecule has 0 saturated carbocycles. The lowest BCUT2D eigenvalue weighted by Crippen LogP contribution is -2.49. The summed E-state index contributed by atoms with van der Waals surface area (Å²) in [5.74, 6) is -1.72. The monoisotopic (exact) mass is 428 g/mol. The second kappa shape index (κ2) is 9.98. The zero-order valence-electron chi connectivity index (χ0n) is 16.0. The molecule has 1 heterocycles. The summed E-state index contributed by atoms with van der Waals surface area (Å²) in [6.07, 6.45) is -5.11. The van der Waals surface area contributed by atoms with Gasteiger partial charge in [-0.3, -0.25) is 4.79 Å². The maximum atomic E-state index is 13.7. The summed E-state index contributed by atoms with van der Waals surface area (Å²) < 4.78 is 46.4. The lowest BCUT2D eigenvalue weighted by molar-refractivity contribution is -0.162. The van der Waals surface area contributed by atoms with Crippen molar-refractivity contribution in [1.82, 2.24) is 10.2 Å². The van der Waals surface area contributed by atoms with Gasteiger partial charge in [0.2, 0.25) is 5.91 Å². The third kappa shape index (κ3) is 5.42. The molecule has 2 atom stereocenters. The number of nitrogens with zero attached hydrogens (tertiary/aromatic N) is 1. The van der Waals surface area contributed by atoms with Crippen molar-refractivity contribution in [1.29, 1.82) is 0 Å². The summed E-state index contributed by atoms with van der Waals surface area (Å²) >= 11 is 0. The second-order valence-electron chi connectivity index (χ2n) is 6.76. The molecule has 2 aromatic carbocycles. The van der Waals surface area contributed by atoms with Crippen LogP contribution in [-0.2, 0) is 4.79 Å². The second-order valence-corrected chi connectivity index (χ2v) is 6.76. The Balaban J connectivity index is 0.00000300. The highest BCUT2D eigenvalue weighted by atomic mass is 35.5. The topological polar surface area (TPSA) is 41.6 Å². The summed E-state index contributed by atoms with van der Waals surface area (Å²) in [4.78, 5) is 14.5. The predicted octanol–water partition coefficient (Wildman–Crippen LogP) is 4.33. The SMILES string of the molecule is COc1ccccc1C1CNCCN1C(=O)CC(c1ccccc1)C(F)(F)F.Cl. The third-order valence-electron chi connectivity index (χ3n) is 5.04. The fraction of sp³-hybridized carbons (Fsp3) is 0.381. The molecule has 158 valence electrons. The minimum absolute atomic E-state index is 0. The number of alkyl halides is 3. The number of piperazine rings is 1. The van der Waals surface area contributed by atoms with Crippen molar-refractivity contribution >= 4 is 18.3 Å². The van der Waals surface area contributed by atoms with Crippen molar-refractivity contribution < 1.29 is 22.7 Å². The van der Waals surface area contributed by atoms with E-state index in [1.54, 1.807) is 24.3 Å². The van der Waals surface area contributed by atoms with E-state index in [1.165, 1.54) is 24.1 Å². The Kier molecular flexibility index (Phi) is 7.93. The Morgan fingerprint density at radius 2 is 1.83 bits per heavy atom. The number of hydrogen-bond donors (Lipinski definition) is 1. The highest BCUT2D eigenvalue weighted by Gasteiger charge is 2.43. The van der Waals surface area contributed by atoms with Gasteiger partial charge in [-0.2, -0.15) is 13.2 Å². The molecule has 1 amide bonds. The number of amides is 1. The Morgan fingerprint density at radius 3 is 2.48 bits per heavy atom.